The van der Waals surface area contributed by atoms with Gasteiger partial charge in [-0.2, -0.15) is 0 Å². The molecule has 3 N–H and O–H groups in total. The Kier molecular flexibility index (Phi) is 4.48. The molecular formula is C17H20N2O2. The molecule has 1 amide bonds. The van der Waals surface area contributed by atoms with Gasteiger partial charge in [0, 0.05) is 11.3 Å². The third-order valence-electron chi connectivity index (χ3n) is 3.05. The topological polar surface area (TPSA) is 64.3 Å². The Labute approximate surface area is 124 Å². The molecule has 0 aliphatic heterocycles. The van der Waals surface area contributed by atoms with Crippen LogP contribution < -0.4 is 15.8 Å². The first-order valence-corrected chi connectivity index (χ1v) is 6.91. The van der Waals surface area contributed by atoms with Gasteiger partial charge in [-0.25, -0.2) is 0 Å². The largest absolute Gasteiger partial charge is 0.492 e. The van der Waals surface area contributed by atoms with Gasteiger partial charge in [0.25, 0.3) is 5.91 Å². The maximum Gasteiger partial charge on any atom is 0.255 e. The molecule has 0 spiro atoms. The molecule has 0 aliphatic rings. The molecule has 0 fully saturated rings. The molecule has 0 atom stereocenters. The summed E-state index contributed by atoms with van der Waals surface area (Å²) in [5.41, 5.74) is 9.85. The number of rotatable bonds is 4. The highest BCUT2D eigenvalue weighted by atomic mass is 16.5. The lowest BCUT2D eigenvalue weighted by molar-refractivity contribution is 0.102. The highest BCUT2D eigenvalue weighted by Gasteiger charge is 2.09. The van der Waals surface area contributed by atoms with Crippen LogP contribution in [0.15, 0.2) is 36.4 Å². The van der Waals surface area contributed by atoms with Gasteiger partial charge in [0.1, 0.15) is 5.75 Å². The van der Waals surface area contributed by atoms with E-state index in [-0.39, 0.29) is 5.91 Å². The molecule has 0 aromatic heterocycles. The Bertz CT molecular complexity index is 646. The number of nitrogens with one attached hydrogen (secondary N) is 1. The fourth-order valence-electron chi connectivity index (χ4n) is 2.23. The highest BCUT2D eigenvalue weighted by molar-refractivity contribution is 6.05. The van der Waals surface area contributed by atoms with E-state index in [2.05, 4.69) is 11.4 Å². The lowest BCUT2D eigenvalue weighted by Crippen LogP contribution is -2.12. The van der Waals surface area contributed by atoms with Gasteiger partial charge in [-0.05, 0) is 62.2 Å². The van der Waals surface area contributed by atoms with E-state index in [9.17, 15) is 4.79 Å². The van der Waals surface area contributed by atoms with Crippen molar-refractivity contribution in [1.29, 1.82) is 0 Å². The molecule has 0 heterocycles. The van der Waals surface area contributed by atoms with Crippen LogP contribution in [0.4, 0.5) is 11.4 Å². The van der Waals surface area contributed by atoms with Crippen LogP contribution in [-0.2, 0) is 0 Å². The average molecular weight is 284 g/mol. The Morgan fingerprint density at radius 2 is 1.81 bits per heavy atom. The second-order valence-electron chi connectivity index (χ2n) is 5.02. The van der Waals surface area contributed by atoms with Crippen LogP contribution in [-0.4, -0.2) is 12.5 Å². The molecule has 4 nitrogen and oxygen atoms in total. The van der Waals surface area contributed by atoms with Gasteiger partial charge in [0.2, 0.25) is 0 Å². The molecule has 0 aliphatic carbocycles. The van der Waals surface area contributed by atoms with Gasteiger partial charge in [0.05, 0.1) is 12.3 Å². The van der Waals surface area contributed by atoms with Gasteiger partial charge >= 0.3 is 0 Å². The smallest absolute Gasteiger partial charge is 0.255 e. The van der Waals surface area contributed by atoms with Crippen LogP contribution >= 0.6 is 0 Å². The van der Waals surface area contributed by atoms with E-state index in [1.54, 1.807) is 18.2 Å². The molecule has 0 bridgehead atoms. The van der Waals surface area contributed by atoms with Crippen molar-refractivity contribution in [2.45, 2.75) is 20.8 Å². The Morgan fingerprint density at radius 3 is 2.38 bits per heavy atom. The van der Waals surface area contributed by atoms with Crippen LogP contribution in [0.3, 0.4) is 0 Å². The SMILES string of the molecule is CCOc1ccc(C(=O)Nc2cc(C)cc(C)c2)cc1N. The Hall–Kier alpha value is -2.49. The Morgan fingerprint density at radius 1 is 1.14 bits per heavy atom. The molecule has 2 aromatic carbocycles. The number of amides is 1. The zero-order valence-electron chi connectivity index (χ0n) is 12.6. The summed E-state index contributed by atoms with van der Waals surface area (Å²) < 4.78 is 5.36. The van der Waals surface area contributed by atoms with E-state index in [0.717, 1.165) is 16.8 Å². The van der Waals surface area contributed by atoms with Crippen molar-refractivity contribution in [3.8, 4) is 5.75 Å². The predicted octanol–water partition coefficient (Wildman–Crippen LogP) is 3.54. The first-order valence-electron chi connectivity index (χ1n) is 6.91. The molecule has 4 heteroatoms. The third kappa shape index (κ3) is 3.75. The summed E-state index contributed by atoms with van der Waals surface area (Å²) in [6.45, 7) is 6.42. The third-order valence-corrected chi connectivity index (χ3v) is 3.05. The lowest BCUT2D eigenvalue weighted by atomic mass is 10.1. The molecular weight excluding hydrogens is 264 g/mol. The van der Waals surface area contributed by atoms with Gasteiger partial charge in [-0.3, -0.25) is 4.79 Å². The van der Waals surface area contributed by atoms with Crippen molar-refractivity contribution in [1.82, 2.24) is 0 Å². The number of hydrogen-bond acceptors (Lipinski definition) is 3. The number of ether oxygens (including phenoxy) is 1. The van der Waals surface area contributed by atoms with E-state index in [4.69, 9.17) is 10.5 Å². The van der Waals surface area contributed by atoms with E-state index >= 15 is 0 Å². The second kappa shape index (κ2) is 6.31. The minimum absolute atomic E-state index is 0.185. The van der Waals surface area contributed by atoms with Crippen molar-refractivity contribution >= 4 is 17.3 Å². The van der Waals surface area contributed by atoms with Crippen LogP contribution in [0.25, 0.3) is 0 Å². The fourth-order valence-corrected chi connectivity index (χ4v) is 2.23. The van der Waals surface area contributed by atoms with Crippen LogP contribution in [0.5, 0.6) is 5.75 Å². The number of benzene rings is 2. The summed E-state index contributed by atoms with van der Waals surface area (Å²) in [6, 6.07) is 11.0. The van der Waals surface area contributed by atoms with Crippen molar-refractivity contribution in [2.75, 3.05) is 17.7 Å². The number of nitrogen functional groups attached to an aromatic ring is 1. The molecule has 2 aromatic rings. The average Bonchev–Trinajstić information content (AvgIpc) is 2.40. The summed E-state index contributed by atoms with van der Waals surface area (Å²) in [7, 11) is 0. The lowest BCUT2D eigenvalue weighted by Gasteiger charge is -2.10. The molecule has 110 valence electrons. The Balaban J connectivity index is 2.18. The van der Waals surface area contributed by atoms with Crippen LogP contribution in [0.1, 0.15) is 28.4 Å². The zero-order chi connectivity index (χ0) is 15.4. The number of carbonyl (C=O) groups excluding carboxylic acids is 1. The first kappa shape index (κ1) is 14.9. The van der Waals surface area contributed by atoms with Crippen molar-refractivity contribution in [2.24, 2.45) is 0 Å². The quantitative estimate of drug-likeness (QED) is 0.844. The number of nitrogens with two attached hydrogens (primary N) is 1. The maximum absolute atomic E-state index is 12.3. The molecule has 2 rings (SSSR count). The zero-order valence-corrected chi connectivity index (χ0v) is 12.6. The van der Waals surface area contributed by atoms with Gasteiger partial charge in [-0.15, -0.1) is 0 Å². The van der Waals surface area contributed by atoms with Crippen LogP contribution in [0.2, 0.25) is 0 Å². The highest BCUT2D eigenvalue weighted by Crippen LogP contribution is 2.23. The molecule has 0 radical (unpaired) electrons. The summed E-state index contributed by atoms with van der Waals surface area (Å²) >= 11 is 0. The van der Waals surface area contributed by atoms with Crippen molar-refractivity contribution < 1.29 is 9.53 Å². The number of carbonyl (C=O) groups is 1. The summed E-state index contributed by atoms with van der Waals surface area (Å²) in [6.07, 6.45) is 0. The minimum Gasteiger partial charge on any atom is -0.492 e. The van der Waals surface area contributed by atoms with E-state index in [1.165, 1.54) is 0 Å². The summed E-state index contributed by atoms with van der Waals surface area (Å²) in [4.78, 5) is 12.3. The van der Waals surface area contributed by atoms with Gasteiger partial charge < -0.3 is 15.8 Å². The van der Waals surface area contributed by atoms with Crippen LogP contribution in [0, 0.1) is 13.8 Å². The molecule has 0 unspecified atom stereocenters. The van der Waals surface area contributed by atoms with Crippen molar-refractivity contribution in [3.63, 3.8) is 0 Å². The minimum atomic E-state index is -0.185. The molecule has 0 saturated carbocycles. The monoisotopic (exact) mass is 284 g/mol. The van der Waals surface area contributed by atoms with E-state index in [1.807, 2.05) is 32.9 Å². The standard InChI is InChI=1S/C17H20N2O2/c1-4-21-16-6-5-13(10-15(16)18)17(20)19-14-8-11(2)7-12(3)9-14/h5-10H,4,18H2,1-3H3,(H,19,20). The van der Waals surface area contributed by atoms with Gasteiger partial charge in [-0.1, -0.05) is 6.07 Å². The normalized spacial score (nSPS) is 10.2. The summed E-state index contributed by atoms with van der Waals surface area (Å²) in [5, 5.41) is 2.88. The second-order valence-corrected chi connectivity index (χ2v) is 5.02. The molecule has 0 saturated heterocycles. The van der Waals surface area contributed by atoms with Gasteiger partial charge in [0.15, 0.2) is 0 Å². The number of aryl methyl sites for hydroxylation is 2. The van der Waals surface area contributed by atoms with E-state index in [0.29, 0.717) is 23.6 Å². The summed E-state index contributed by atoms with van der Waals surface area (Å²) in [5.74, 6) is 0.412. The number of anilines is 2. The predicted molar refractivity (Wildman–Crippen MR) is 85.9 cm³/mol. The van der Waals surface area contributed by atoms with E-state index < -0.39 is 0 Å². The molecule has 21 heavy (non-hydrogen) atoms. The first-order chi connectivity index (χ1) is 9.99. The fraction of sp³-hybridized carbons (Fsp3) is 0.235. The number of hydrogen-bond donors (Lipinski definition) is 2. The maximum atomic E-state index is 12.3. The van der Waals surface area contributed by atoms with Crippen molar-refractivity contribution in [3.05, 3.63) is 53.1 Å².